The largest absolute Gasteiger partial charge is 0.504 e. The Morgan fingerprint density at radius 1 is 1.59 bits per heavy atom. The molecule has 0 fully saturated rings. The zero-order valence-corrected chi connectivity index (χ0v) is 10.6. The third-order valence-electron chi connectivity index (χ3n) is 2.39. The molecule has 5 heteroatoms. The summed E-state index contributed by atoms with van der Waals surface area (Å²) in [5, 5.41) is 12.3. The number of hydrogen-bond acceptors (Lipinski definition) is 3. The number of carbonyl (C=O) groups is 1. The van der Waals surface area contributed by atoms with Crippen molar-refractivity contribution in [3.05, 3.63) is 23.8 Å². The van der Waals surface area contributed by atoms with Crippen molar-refractivity contribution in [2.75, 3.05) is 13.7 Å². The van der Waals surface area contributed by atoms with Gasteiger partial charge in [0.1, 0.15) is 0 Å². The van der Waals surface area contributed by atoms with E-state index in [-0.39, 0.29) is 28.3 Å². The second kappa shape index (κ2) is 6.35. The minimum absolute atomic E-state index is 0.105. The van der Waals surface area contributed by atoms with Gasteiger partial charge in [-0.3, -0.25) is 4.79 Å². The lowest BCUT2D eigenvalue weighted by Gasteiger charge is -2.11. The number of para-hydroxylation sites is 1. The number of carbonyl (C=O) groups excluding carboxylic acids is 1. The molecule has 94 valence electrons. The molecule has 0 aliphatic heterocycles. The van der Waals surface area contributed by atoms with Crippen LogP contribution in [0.2, 0.25) is 0 Å². The SMILES string of the molecule is CCC(Cl)CNC(=O)c1cccc(OC)c1O. The summed E-state index contributed by atoms with van der Waals surface area (Å²) < 4.78 is 4.93. The fraction of sp³-hybridized carbons (Fsp3) is 0.417. The molecular formula is C12H16ClNO3. The van der Waals surface area contributed by atoms with Gasteiger partial charge in [-0.2, -0.15) is 0 Å². The Morgan fingerprint density at radius 2 is 2.29 bits per heavy atom. The summed E-state index contributed by atoms with van der Waals surface area (Å²) in [5.74, 6) is -0.244. The van der Waals surface area contributed by atoms with Crippen molar-refractivity contribution in [3.63, 3.8) is 0 Å². The number of phenols is 1. The van der Waals surface area contributed by atoms with Crippen LogP contribution in [-0.2, 0) is 0 Å². The molecule has 0 saturated carbocycles. The first kappa shape index (κ1) is 13.6. The molecule has 1 amide bonds. The normalized spacial score (nSPS) is 11.9. The molecule has 0 saturated heterocycles. The van der Waals surface area contributed by atoms with Crippen molar-refractivity contribution in [3.8, 4) is 11.5 Å². The number of ether oxygens (including phenoxy) is 1. The van der Waals surface area contributed by atoms with Crippen LogP contribution in [0.1, 0.15) is 23.7 Å². The van der Waals surface area contributed by atoms with Crippen LogP contribution < -0.4 is 10.1 Å². The summed E-state index contributed by atoms with van der Waals surface area (Å²) >= 11 is 5.89. The van der Waals surface area contributed by atoms with Gasteiger partial charge in [0, 0.05) is 6.54 Å². The van der Waals surface area contributed by atoms with E-state index in [1.165, 1.54) is 13.2 Å². The number of halogens is 1. The van der Waals surface area contributed by atoms with Gasteiger partial charge in [-0.25, -0.2) is 0 Å². The number of hydrogen-bond donors (Lipinski definition) is 2. The van der Waals surface area contributed by atoms with Crippen LogP contribution in [0.3, 0.4) is 0 Å². The minimum atomic E-state index is -0.361. The zero-order chi connectivity index (χ0) is 12.8. The predicted octanol–water partition coefficient (Wildman–Crippen LogP) is 2.15. The van der Waals surface area contributed by atoms with Gasteiger partial charge in [0.25, 0.3) is 5.91 Å². The smallest absolute Gasteiger partial charge is 0.255 e. The lowest BCUT2D eigenvalue weighted by Crippen LogP contribution is -2.29. The molecular weight excluding hydrogens is 242 g/mol. The maximum absolute atomic E-state index is 11.8. The number of aromatic hydroxyl groups is 1. The molecule has 0 radical (unpaired) electrons. The topological polar surface area (TPSA) is 58.6 Å². The zero-order valence-electron chi connectivity index (χ0n) is 9.87. The molecule has 1 aromatic carbocycles. The third-order valence-corrected chi connectivity index (χ3v) is 2.85. The van der Waals surface area contributed by atoms with Gasteiger partial charge in [0.15, 0.2) is 11.5 Å². The van der Waals surface area contributed by atoms with Crippen molar-refractivity contribution in [1.29, 1.82) is 0 Å². The standard InChI is InChI=1S/C12H16ClNO3/c1-3-8(13)7-14-12(16)9-5-4-6-10(17-2)11(9)15/h4-6,8,15H,3,7H2,1-2H3,(H,14,16). The molecule has 0 spiro atoms. The summed E-state index contributed by atoms with van der Waals surface area (Å²) in [6, 6.07) is 4.76. The summed E-state index contributed by atoms with van der Waals surface area (Å²) in [5.41, 5.74) is 0.185. The Balaban J connectivity index is 2.75. The van der Waals surface area contributed by atoms with Gasteiger partial charge < -0.3 is 15.2 Å². The van der Waals surface area contributed by atoms with Gasteiger partial charge in [-0.15, -0.1) is 11.6 Å². The lowest BCUT2D eigenvalue weighted by atomic mass is 10.1. The monoisotopic (exact) mass is 257 g/mol. The third kappa shape index (κ3) is 3.53. The Morgan fingerprint density at radius 3 is 2.88 bits per heavy atom. The van der Waals surface area contributed by atoms with Crippen molar-refractivity contribution < 1.29 is 14.6 Å². The molecule has 1 atom stereocenters. The van der Waals surface area contributed by atoms with E-state index < -0.39 is 0 Å². The Bertz CT molecular complexity index is 395. The number of alkyl halides is 1. The van der Waals surface area contributed by atoms with E-state index in [2.05, 4.69) is 5.32 Å². The number of benzene rings is 1. The van der Waals surface area contributed by atoms with E-state index in [0.29, 0.717) is 6.54 Å². The number of amides is 1. The number of phenolic OH excluding ortho intramolecular Hbond substituents is 1. The van der Waals surface area contributed by atoms with Gasteiger partial charge >= 0.3 is 0 Å². The highest BCUT2D eigenvalue weighted by Crippen LogP contribution is 2.29. The first-order chi connectivity index (χ1) is 8.10. The average Bonchev–Trinajstić information content (AvgIpc) is 2.35. The molecule has 1 unspecified atom stereocenters. The summed E-state index contributed by atoms with van der Waals surface area (Å²) in [7, 11) is 1.43. The van der Waals surface area contributed by atoms with Crippen LogP contribution >= 0.6 is 11.6 Å². The van der Waals surface area contributed by atoms with E-state index >= 15 is 0 Å². The van der Waals surface area contributed by atoms with Gasteiger partial charge in [0.05, 0.1) is 18.1 Å². The quantitative estimate of drug-likeness (QED) is 0.795. The summed E-state index contributed by atoms with van der Waals surface area (Å²) in [6.07, 6.45) is 0.770. The van der Waals surface area contributed by atoms with E-state index in [4.69, 9.17) is 16.3 Å². The van der Waals surface area contributed by atoms with E-state index in [1.807, 2.05) is 6.92 Å². The Labute approximate surface area is 106 Å². The second-order valence-corrected chi connectivity index (χ2v) is 4.19. The van der Waals surface area contributed by atoms with Crippen molar-refractivity contribution in [2.45, 2.75) is 18.7 Å². The second-order valence-electron chi connectivity index (χ2n) is 3.57. The van der Waals surface area contributed by atoms with E-state index in [0.717, 1.165) is 6.42 Å². The highest BCUT2D eigenvalue weighted by Gasteiger charge is 2.15. The first-order valence-electron chi connectivity index (χ1n) is 5.38. The van der Waals surface area contributed by atoms with Crippen LogP contribution in [0, 0.1) is 0 Å². The Kier molecular flexibility index (Phi) is 5.10. The predicted molar refractivity (Wildman–Crippen MR) is 66.9 cm³/mol. The summed E-state index contributed by atoms with van der Waals surface area (Å²) in [6.45, 7) is 2.31. The van der Waals surface area contributed by atoms with Crippen LogP contribution in [0.4, 0.5) is 0 Å². The first-order valence-corrected chi connectivity index (χ1v) is 5.82. The van der Waals surface area contributed by atoms with Crippen LogP contribution in [0.15, 0.2) is 18.2 Å². The highest BCUT2D eigenvalue weighted by molar-refractivity contribution is 6.20. The Hall–Kier alpha value is -1.42. The van der Waals surface area contributed by atoms with Crippen molar-refractivity contribution in [1.82, 2.24) is 5.32 Å². The van der Waals surface area contributed by atoms with Crippen LogP contribution in [-0.4, -0.2) is 30.0 Å². The number of methoxy groups -OCH3 is 1. The number of rotatable bonds is 5. The maximum atomic E-state index is 11.8. The van der Waals surface area contributed by atoms with E-state index in [1.54, 1.807) is 12.1 Å². The molecule has 0 heterocycles. The van der Waals surface area contributed by atoms with Crippen LogP contribution in [0.25, 0.3) is 0 Å². The molecule has 2 N–H and O–H groups in total. The molecule has 0 aliphatic rings. The fourth-order valence-electron chi connectivity index (χ4n) is 1.31. The van der Waals surface area contributed by atoms with Gasteiger partial charge in [-0.1, -0.05) is 13.0 Å². The fourth-order valence-corrected chi connectivity index (χ4v) is 1.39. The molecule has 1 rings (SSSR count). The highest BCUT2D eigenvalue weighted by atomic mass is 35.5. The van der Waals surface area contributed by atoms with E-state index in [9.17, 15) is 9.90 Å². The minimum Gasteiger partial charge on any atom is -0.504 e. The van der Waals surface area contributed by atoms with Gasteiger partial charge in [0.2, 0.25) is 0 Å². The lowest BCUT2D eigenvalue weighted by molar-refractivity contribution is 0.0950. The average molecular weight is 258 g/mol. The van der Waals surface area contributed by atoms with Crippen molar-refractivity contribution >= 4 is 17.5 Å². The molecule has 0 aromatic heterocycles. The molecule has 0 bridgehead atoms. The summed E-state index contributed by atoms with van der Waals surface area (Å²) in [4.78, 5) is 11.8. The molecule has 1 aromatic rings. The molecule has 0 aliphatic carbocycles. The number of nitrogens with one attached hydrogen (secondary N) is 1. The van der Waals surface area contributed by atoms with Gasteiger partial charge in [-0.05, 0) is 18.6 Å². The molecule has 17 heavy (non-hydrogen) atoms. The molecule has 4 nitrogen and oxygen atoms in total. The maximum Gasteiger partial charge on any atom is 0.255 e. The van der Waals surface area contributed by atoms with Crippen molar-refractivity contribution in [2.24, 2.45) is 0 Å². The van der Waals surface area contributed by atoms with Crippen LogP contribution in [0.5, 0.6) is 11.5 Å².